The minimum atomic E-state index is -0.263. The van der Waals surface area contributed by atoms with E-state index in [9.17, 15) is 4.39 Å². The molecule has 0 N–H and O–H groups in total. The van der Waals surface area contributed by atoms with Gasteiger partial charge in [0, 0.05) is 0 Å². The third kappa shape index (κ3) is 5.40. The first-order valence-corrected chi connectivity index (χ1v) is 4.68. The van der Waals surface area contributed by atoms with Gasteiger partial charge in [-0.2, -0.15) is 0 Å². The van der Waals surface area contributed by atoms with E-state index in [4.69, 9.17) is 0 Å². The van der Waals surface area contributed by atoms with Crippen LogP contribution in [0.1, 0.15) is 27.7 Å². The van der Waals surface area contributed by atoms with E-state index in [0.717, 1.165) is 5.57 Å². The van der Waals surface area contributed by atoms with E-state index in [1.165, 1.54) is 6.08 Å². The average molecular weight is 182 g/mol. The zero-order valence-electron chi connectivity index (χ0n) is 8.97. The fraction of sp³-hybridized carbons (Fsp3) is 0.500. The van der Waals surface area contributed by atoms with Gasteiger partial charge in [0.05, 0.1) is 0 Å². The molecule has 0 radical (unpaired) electrons. The quantitative estimate of drug-likeness (QED) is 0.570. The predicted octanol–water partition coefficient (Wildman–Crippen LogP) is 4.26. The Balaban J connectivity index is 4.73. The standard InChI is InChI=1S/C12H19F/c1-6-12(13)8-11(10(4)5)7-9(2)3/h6-10H,1H2,2-5H3/b11-7+,12-8+. The van der Waals surface area contributed by atoms with Crippen molar-refractivity contribution in [2.45, 2.75) is 27.7 Å². The fourth-order valence-corrected chi connectivity index (χ4v) is 1.01. The Morgan fingerprint density at radius 3 is 2.08 bits per heavy atom. The van der Waals surface area contributed by atoms with Crippen LogP contribution in [0.3, 0.4) is 0 Å². The first-order valence-electron chi connectivity index (χ1n) is 4.68. The Hall–Kier alpha value is -0.850. The van der Waals surface area contributed by atoms with Gasteiger partial charge in [-0.15, -0.1) is 0 Å². The van der Waals surface area contributed by atoms with Crippen LogP contribution in [0, 0.1) is 11.8 Å². The summed E-state index contributed by atoms with van der Waals surface area (Å²) in [6, 6.07) is 0. The Kier molecular flexibility index (Phi) is 5.36. The molecule has 0 spiro atoms. The van der Waals surface area contributed by atoms with Gasteiger partial charge in [-0.25, -0.2) is 4.39 Å². The van der Waals surface area contributed by atoms with Crippen molar-refractivity contribution in [1.29, 1.82) is 0 Å². The highest BCUT2D eigenvalue weighted by Gasteiger charge is 2.02. The molecule has 0 aromatic heterocycles. The lowest BCUT2D eigenvalue weighted by atomic mass is 9.98. The second-order valence-corrected chi connectivity index (χ2v) is 3.80. The zero-order chi connectivity index (χ0) is 10.4. The summed E-state index contributed by atoms with van der Waals surface area (Å²) >= 11 is 0. The van der Waals surface area contributed by atoms with E-state index in [2.05, 4.69) is 40.3 Å². The van der Waals surface area contributed by atoms with Crippen molar-refractivity contribution in [2.24, 2.45) is 11.8 Å². The number of rotatable bonds is 4. The van der Waals surface area contributed by atoms with Crippen LogP contribution in [-0.4, -0.2) is 0 Å². The average Bonchev–Trinajstić information content (AvgIpc) is 2.02. The molecular formula is C12H19F. The van der Waals surface area contributed by atoms with Gasteiger partial charge in [0.2, 0.25) is 0 Å². The summed E-state index contributed by atoms with van der Waals surface area (Å²) < 4.78 is 12.9. The first kappa shape index (κ1) is 12.2. The van der Waals surface area contributed by atoms with Crippen LogP contribution in [0.15, 0.2) is 36.2 Å². The summed E-state index contributed by atoms with van der Waals surface area (Å²) in [5, 5.41) is 0. The maximum atomic E-state index is 12.9. The Labute approximate surface area is 80.9 Å². The minimum Gasteiger partial charge on any atom is -0.207 e. The third-order valence-corrected chi connectivity index (χ3v) is 1.69. The summed E-state index contributed by atoms with van der Waals surface area (Å²) in [6.45, 7) is 11.7. The largest absolute Gasteiger partial charge is 0.207 e. The lowest BCUT2D eigenvalue weighted by Crippen LogP contribution is -1.94. The predicted molar refractivity (Wildman–Crippen MR) is 57.1 cm³/mol. The van der Waals surface area contributed by atoms with Crippen molar-refractivity contribution in [3.8, 4) is 0 Å². The van der Waals surface area contributed by atoms with Crippen LogP contribution in [0.25, 0.3) is 0 Å². The highest BCUT2D eigenvalue weighted by Crippen LogP contribution is 2.16. The monoisotopic (exact) mass is 182 g/mol. The summed E-state index contributed by atoms with van der Waals surface area (Å²) in [6.07, 6.45) is 4.86. The van der Waals surface area contributed by atoms with Crippen molar-refractivity contribution >= 4 is 0 Å². The molecule has 0 unspecified atom stereocenters. The number of hydrogen-bond donors (Lipinski definition) is 0. The fourth-order valence-electron chi connectivity index (χ4n) is 1.01. The molecule has 0 saturated heterocycles. The van der Waals surface area contributed by atoms with Gasteiger partial charge in [0.25, 0.3) is 0 Å². The smallest absolute Gasteiger partial charge is 0.122 e. The normalized spacial score (nSPS) is 14.1. The van der Waals surface area contributed by atoms with Gasteiger partial charge in [-0.05, 0) is 29.6 Å². The van der Waals surface area contributed by atoms with E-state index >= 15 is 0 Å². The summed E-state index contributed by atoms with van der Waals surface area (Å²) in [4.78, 5) is 0. The molecule has 0 heterocycles. The van der Waals surface area contributed by atoms with Gasteiger partial charge in [-0.1, -0.05) is 40.3 Å². The van der Waals surface area contributed by atoms with E-state index in [0.29, 0.717) is 11.8 Å². The van der Waals surface area contributed by atoms with Gasteiger partial charge < -0.3 is 0 Å². The molecule has 0 bridgehead atoms. The van der Waals surface area contributed by atoms with Gasteiger partial charge in [0.1, 0.15) is 5.83 Å². The van der Waals surface area contributed by atoms with Crippen LogP contribution < -0.4 is 0 Å². The molecule has 0 aromatic carbocycles. The van der Waals surface area contributed by atoms with Crippen LogP contribution in [-0.2, 0) is 0 Å². The second kappa shape index (κ2) is 5.74. The molecule has 0 aromatic rings. The topological polar surface area (TPSA) is 0 Å². The molecular weight excluding hydrogens is 163 g/mol. The molecule has 13 heavy (non-hydrogen) atoms. The first-order chi connectivity index (χ1) is 5.97. The maximum Gasteiger partial charge on any atom is 0.122 e. The van der Waals surface area contributed by atoms with Crippen LogP contribution in [0.2, 0.25) is 0 Å². The van der Waals surface area contributed by atoms with Crippen molar-refractivity contribution in [3.63, 3.8) is 0 Å². The van der Waals surface area contributed by atoms with Crippen LogP contribution in [0.4, 0.5) is 4.39 Å². The number of halogens is 1. The molecule has 74 valence electrons. The van der Waals surface area contributed by atoms with E-state index < -0.39 is 0 Å². The highest BCUT2D eigenvalue weighted by atomic mass is 19.1. The SMILES string of the molecule is C=C/C(F)=C\C(=C/C(C)C)C(C)C. The molecule has 1 heteroatoms. The van der Waals surface area contributed by atoms with E-state index in [1.807, 2.05) is 0 Å². The molecule has 0 amide bonds. The summed E-state index contributed by atoms with van der Waals surface area (Å²) in [7, 11) is 0. The van der Waals surface area contributed by atoms with Gasteiger partial charge in [-0.3, -0.25) is 0 Å². The Morgan fingerprint density at radius 2 is 1.77 bits per heavy atom. The van der Waals surface area contributed by atoms with Gasteiger partial charge in [0.15, 0.2) is 0 Å². The number of hydrogen-bond acceptors (Lipinski definition) is 0. The van der Waals surface area contributed by atoms with Crippen LogP contribution in [0.5, 0.6) is 0 Å². The molecule has 0 aliphatic rings. The number of allylic oxidation sites excluding steroid dienone is 5. The van der Waals surface area contributed by atoms with Crippen LogP contribution >= 0.6 is 0 Å². The van der Waals surface area contributed by atoms with Crippen molar-refractivity contribution in [2.75, 3.05) is 0 Å². The lowest BCUT2D eigenvalue weighted by molar-refractivity contribution is 0.658. The summed E-state index contributed by atoms with van der Waals surface area (Å²) in [5.41, 5.74) is 1.03. The molecule has 0 fully saturated rings. The van der Waals surface area contributed by atoms with E-state index in [-0.39, 0.29) is 5.83 Å². The lowest BCUT2D eigenvalue weighted by Gasteiger charge is -2.08. The van der Waals surface area contributed by atoms with Crippen molar-refractivity contribution in [3.05, 3.63) is 36.2 Å². The Morgan fingerprint density at radius 1 is 1.23 bits per heavy atom. The maximum absolute atomic E-state index is 12.9. The van der Waals surface area contributed by atoms with Gasteiger partial charge >= 0.3 is 0 Å². The molecule has 0 aliphatic heterocycles. The molecule has 0 saturated carbocycles. The molecule has 0 aliphatic carbocycles. The zero-order valence-corrected chi connectivity index (χ0v) is 8.97. The minimum absolute atomic E-state index is 0.263. The Bertz CT molecular complexity index is 219. The summed E-state index contributed by atoms with van der Waals surface area (Å²) in [5.74, 6) is 0.542. The van der Waals surface area contributed by atoms with E-state index in [1.54, 1.807) is 6.08 Å². The van der Waals surface area contributed by atoms with Crippen molar-refractivity contribution < 1.29 is 4.39 Å². The highest BCUT2D eigenvalue weighted by molar-refractivity contribution is 5.27. The molecule has 0 nitrogen and oxygen atoms in total. The third-order valence-electron chi connectivity index (χ3n) is 1.69. The molecule has 0 atom stereocenters. The van der Waals surface area contributed by atoms with Crippen molar-refractivity contribution in [1.82, 2.24) is 0 Å². The molecule has 0 rings (SSSR count). The second-order valence-electron chi connectivity index (χ2n) is 3.80.